The number of methoxy groups -OCH3 is 1. The van der Waals surface area contributed by atoms with E-state index in [4.69, 9.17) is 9.47 Å². The van der Waals surface area contributed by atoms with Gasteiger partial charge in [-0.25, -0.2) is 12.7 Å². The first-order chi connectivity index (χ1) is 15.9. The van der Waals surface area contributed by atoms with Gasteiger partial charge < -0.3 is 14.8 Å². The lowest BCUT2D eigenvalue weighted by atomic mass is 10.0. The van der Waals surface area contributed by atoms with Gasteiger partial charge in [0.1, 0.15) is 5.75 Å². The van der Waals surface area contributed by atoms with Crippen LogP contribution >= 0.6 is 0 Å². The molecule has 0 unspecified atom stereocenters. The van der Waals surface area contributed by atoms with Gasteiger partial charge in [0.2, 0.25) is 15.9 Å². The Kier molecular flexibility index (Phi) is 6.96. The van der Waals surface area contributed by atoms with Gasteiger partial charge in [-0.3, -0.25) is 14.5 Å². The first-order valence-electron chi connectivity index (χ1n) is 10.8. The number of carbonyl (C=O) groups excluding carboxylic acids is 2. The maximum absolute atomic E-state index is 13.0. The molecule has 0 aromatic heterocycles. The van der Waals surface area contributed by atoms with E-state index in [1.165, 1.54) is 12.1 Å². The number of morpholine rings is 1. The van der Waals surface area contributed by atoms with E-state index >= 15 is 0 Å². The van der Waals surface area contributed by atoms with Crippen LogP contribution in [-0.2, 0) is 19.6 Å². The zero-order chi connectivity index (χ0) is 23.4. The molecule has 176 valence electrons. The minimum Gasteiger partial charge on any atom is -0.496 e. The Morgan fingerprint density at radius 1 is 1.15 bits per heavy atom. The summed E-state index contributed by atoms with van der Waals surface area (Å²) < 4.78 is 36.3. The van der Waals surface area contributed by atoms with Crippen LogP contribution in [0.15, 0.2) is 48.5 Å². The molecule has 1 atom stereocenters. The average molecular weight is 474 g/mol. The summed E-state index contributed by atoms with van der Waals surface area (Å²) in [6, 6.07) is 13.7. The Morgan fingerprint density at radius 2 is 1.91 bits per heavy atom. The normalized spacial score (nSPS) is 19.3. The second kappa shape index (κ2) is 9.90. The molecule has 0 bridgehead atoms. The molecule has 9 nitrogen and oxygen atoms in total. The third-order valence-corrected chi connectivity index (χ3v) is 7.55. The quantitative estimate of drug-likeness (QED) is 0.651. The number of nitrogens with one attached hydrogen (secondary N) is 1. The molecule has 2 fully saturated rings. The molecule has 33 heavy (non-hydrogen) atoms. The molecule has 10 heteroatoms. The van der Waals surface area contributed by atoms with Crippen LogP contribution in [0.1, 0.15) is 28.4 Å². The van der Waals surface area contributed by atoms with Crippen LogP contribution in [0.3, 0.4) is 0 Å². The van der Waals surface area contributed by atoms with Gasteiger partial charge in [0.05, 0.1) is 37.8 Å². The molecule has 0 spiro atoms. The van der Waals surface area contributed by atoms with E-state index in [-0.39, 0.29) is 35.4 Å². The van der Waals surface area contributed by atoms with E-state index in [0.29, 0.717) is 19.8 Å². The van der Waals surface area contributed by atoms with E-state index in [9.17, 15) is 18.0 Å². The zero-order valence-electron chi connectivity index (χ0n) is 18.4. The number of carbonyl (C=O) groups is 2. The van der Waals surface area contributed by atoms with Gasteiger partial charge in [0.15, 0.2) is 0 Å². The summed E-state index contributed by atoms with van der Waals surface area (Å²) in [5.74, 6) is -0.323. The molecule has 0 aliphatic carbocycles. The van der Waals surface area contributed by atoms with Gasteiger partial charge in [-0.2, -0.15) is 0 Å². The molecule has 2 aliphatic rings. The van der Waals surface area contributed by atoms with Crippen molar-refractivity contribution in [3.05, 3.63) is 59.7 Å². The second-order valence-corrected chi connectivity index (χ2v) is 9.83. The van der Waals surface area contributed by atoms with Crippen LogP contribution in [0.25, 0.3) is 0 Å². The van der Waals surface area contributed by atoms with Crippen LogP contribution < -0.4 is 14.4 Å². The van der Waals surface area contributed by atoms with Crippen LogP contribution in [0.5, 0.6) is 5.75 Å². The molecule has 1 N–H and O–H groups in total. The van der Waals surface area contributed by atoms with Crippen molar-refractivity contribution in [3.8, 4) is 5.75 Å². The Hall–Kier alpha value is -2.95. The standard InChI is InChI=1S/C23H27N3O6S/c1-31-21-8-3-2-7-19(21)20(25-10-12-32-13-11-25)16-24-23(28)17-5-4-6-18(15-17)26-22(27)9-14-33(26,29)30/h2-8,15,20H,9-14,16H2,1H3,(H,24,28)/t20-/m1/s1. The SMILES string of the molecule is COc1ccccc1[C@@H](CNC(=O)c1cccc(N2C(=O)CCS2(=O)=O)c1)N1CCOCC1. The minimum atomic E-state index is -3.70. The van der Waals surface area contributed by atoms with E-state index in [2.05, 4.69) is 10.2 Å². The lowest BCUT2D eigenvalue weighted by Crippen LogP contribution is -2.44. The molecule has 2 saturated heterocycles. The number of sulfonamides is 1. The maximum atomic E-state index is 13.0. The molecule has 2 aliphatic heterocycles. The van der Waals surface area contributed by atoms with Gasteiger partial charge in [-0.15, -0.1) is 0 Å². The summed E-state index contributed by atoms with van der Waals surface area (Å²) in [4.78, 5) is 27.3. The van der Waals surface area contributed by atoms with Crippen molar-refractivity contribution in [1.29, 1.82) is 0 Å². The van der Waals surface area contributed by atoms with Gasteiger partial charge in [0.25, 0.3) is 5.91 Å². The zero-order valence-corrected chi connectivity index (χ0v) is 19.2. The highest BCUT2D eigenvalue weighted by Crippen LogP contribution is 2.30. The van der Waals surface area contributed by atoms with E-state index in [1.54, 1.807) is 19.2 Å². The smallest absolute Gasteiger partial charge is 0.251 e. The van der Waals surface area contributed by atoms with Crippen LogP contribution in [0.2, 0.25) is 0 Å². The Bertz CT molecular complexity index is 1130. The molecular weight excluding hydrogens is 446 g/mol. The molecule has 2 aromatic rings. The number of para-hydroxylation sites is 1. The Labute approximate surface area is 193 Å². The fourth-order valence-corrected chi connectivity index (χ4v) is 5.65. The lowest BCUT2D eigenvalue weighted by Gasteiger charge is -2.35. The first kappa shape index (κ1) is 23.2. The first-order valence-corrected chi connectivity index (χ1v) is 12.4. The van der Waals surface area contributed by atoms with E-state index in [1.807, 2.05) is 24.3 Å². The third kappa shape index (κ3) is 5.02. The van der Waals surface area contributed by atoms with E-state index < -0.39 is 15.9 Å². The van der Waals surface area contributed by atoms with Crippen LogP contribution in [0, 0.1) is 0 Å². The maximum Gasteiger partial charge on any atom is 0.251 e. The summed E-state index contributed by atoms with van der Waals surface area (Å²) >= 11 is 0. The highest BCUT2D eigenvalue weighted by molar-refractivity contribution is 7.94. The third-order valence-electron chi connectivity index (χ3n) is 5.86. The molecule has 0 saturated carbocycles. The molecular formula is C23H27N3O6S. The number of benzene rings is 2. The van der Waals surface area contributed by atoms with Gasteiger partial charge in [-0.1, -0.05) is 24.3 Å². The number of ether oxygens (including phenoxy) is 2. The van der Waals surface area contributed by atoms with Gasteiger partial charge >= 0.3 is 0 Å². The Balaban J connectivity index is 1.54. The number of nitrogens with zero attached hydrogens (tertiary/aromatic N) is 2. The lowest BCUT2D eigenvalue weighted by molar-refractivity contribution is -0.116. The fraction of sp³-hybridized carbons (Fsp3) is 0.391. The second-order valence-electron chi connectivity index (χ2n) is 7.89. The number of hydrogen-bond acceptors (Lipinski definition) is 7. The molecule has 2 aromatic carbocycles. The predicted molar refractivity (Wildman–Crippen MR) is 123 cm³/mol. The van der Waals surface area contributed by atoms with Crippen molar-refractivity contribution >= 4 is 27.5 Å². The van der Waals surface area contributed by atoms with Gasteiger partial charge in [0, 0.05) is 37.2 Å². The minimum absolute atomic E-state index is 0.0567. The van der Waals surface area contributed by atoms with Crippen LogP contribution in [-0.4, -0.2) is 70.8 Å². The number of amides is 2. The van der Waals surface area contributed by atoms with Crippen LogP contribution in [0.4, 0.5) is 5.69 Å². The number of rotatable bonds is 7. The topological polar surface area (TPSA) is 105 Å². The summed E-state index contributed by atoms with van der Waals surface area (Å²) in [5, 5.41) is 2.97. The monoisotopic (exact) mass is 473 g/mol. The van der Waals surface area contributed by atoms with Crippen molar-refractivity contribution < 1.29 is 27.5 Å². The molecule has 0 radical (unpaired) electrons. The summed E-state index contributed by atoms with van der Waals surface area (Å²) in [5.41, 5.74) is 1.42. The Morgan fingerprint density at radius 3 is 2.61 bits per heavy atom. The average Bonchev–Trinajstić information content (AvgIpc) is 3.12. The van der Waals surface area contributed by atoms with Gasteiger partial charge in [-0.05, 0) is 24.3 Å². The van der Waals surface area contributed by atoms with Crippen molar-refractivity contribution in [2.45, 2.75) is 12.5 Å². The fourth-order valence-electron chi connectivity index (χ4n) is 4.20. The van der Waals surface area contributed by atoms with Crippen molar-refractivity contribution in [2.24, 2.45) is 0 Å². The number of hydrogen-bond donors (Lipinski definition) is 1. The molecule has 4 rings (SSSR count). The predicted octanol–water partition coefficient (Wildman–Crippen LogP) is 1.56. The van der Waals surface area contributed by atoms with E-state index in [0.717, 1.165) is 28.7 Å². The number of anilines is 1. The summed E-state index contributed by atoms with van der Waals surface area (Å²) in [7, 11) is -2.08. The highest BCUT2D eigenvalue weighted by Gasteiger charge is 2.36. The largest absolute Gasteiger partial charge is 0.496 e. The van der Waals surface area contributed by atoms with Crippen molar-refractivity contribution in [2.75, 3.05) is 50.0 Å². The molecule has 2 heterocycles. The summed E-state index contributed by atoms with van der Waals surface area (Å²) in [6.07, 6.45) is -0.0567. The van der Waals surface area contributed by atoms with Crippen molar-refractivity contribution in [1.82, 2.24) is 10.2 Å². The van der Waals surface area contributed by atoms with Crippen molar-refractivity contribution in [3.63, 3.8) is 0 Å². The molecule has 2 amide bonds. The highest BCUT2D eigenvalue weighted by atomic mass is 32.2. The summed E-state index contributed by atoms with van der Waals surface area (Å²) in [6.45, 7) is 3.00.